The summed E-state index contributed by atoms with van der Waals surface area (Å²) in [6.45, 7) is 3.52. The molecule has 3 N–H and O–H groups in total. The number of nitrogens with zero attached hydrogens (tertiary/aromatic N) is 4. The van der Waals surface area contributed by atoms with Gasteiger partial charge in [0.1, 0.15) is 12.1 Å². The number of anilines is 1. The molecule has 0 amide bonds. The summed E-state index contributed by atoms with van der Waals surface area (Å²) >= 11 is 0. The van der Waals surface area contributed by atoms with Gasteiger partial charge >= 0.3 is 5.69 Å². The van der Waals surface area contributed by atoms with E-state index in [-0.39, 0.29) is 5.69 Å². The number of nitrogens with two attached hydrogens (primary N) is 1. The van der Waals surface area contributed by atoms with Crippen LogP contribution in [0.4, 0.5) is 5.82 Å². The second kappa shape index (κ2) is 4.54. The van der Waals surface area contributed by atoms with Gasteiger partial charge in [-0.25, -0.2) is 19.3 Å². The van der Waals surface area contributed by atoms with Crippen LogP contribution in [0.2, 0.25) is 0 Å². The molecular weight excluding hydrogens is 220 g/mol. The zero-order valence-electron chi connectivity index (χ0n) is 9.92. The van der Waals surface area contributed by atoms with Crippen LogP contribution in [0.25, 0.3) is 5.65 Å². The van der Waals surface area contributed by atoms with E-state index in [1.807, 2.05) is 11.9 Å². The minimum Gasteiger partial charge on any atom is -0.359 e. The van der Waals surface area contributed by atoms with E-state index >= 15 is 0 Å². The Labute approximate surface area is 98.3 Å². The molecule has 0 aromatic carbocycles. The van der Waals surface area contributed by atoms with Gasteiger partial charge < -0.3 is 10.6 Å². The van der Waals surface area contributed by atoms with E-state index < -0.39 is 0 Å². The van der Waals surface area contributed by atoms with Gasteiger partial charge in [-0.05, 0) is 12.5 Å². The van der Waals surface area contributed by atoms with Gasteiger partial charge in [-0.15, -0.1) is 0 Å². The highest BCUT2D eigenvalue weighted by Crippen LogP contribution is 2.11. The largest absolute Gasteiger partial charge is 0.359 e. The number of aromatic amines is 1. The van der Waals surface area contributed by atoms with Crippen LogP contribution in [0, 0.1) is 5.92 Å². The molecule has 0 aliphatic rings. The predicted molar refractivity (Wildman–Crippen MR) is 65.1 cm³/mol. The zero-order valence-corrected chi connectivity index (χ0v) is 9.92. The highest BCUT2D eigenvalue weighted by Gasteiger charge is 2.09. The van der Waals surface area contributed by atoms with Crippen LogP contribution in [-0.4, -0.2) is 39.7 Å². The van der Waals surface area contributed by atoms with Crippen molar-refractivity contribution in [2.45, 2.75) is 6.92 Å². The molecule has 0 saturated heterocycles. The number of rotatable bonds is 4. The van der Waals surface area contributed by atoms with Crippen LogP contribution in [0.15, 0.2) is 17.2 Å². The molecule has 2 rings (SSSR count). The molecule has 0 aliphatic heterocycles. The molecule has 2 heterocycles. The fourth-order valence-corrected chi connectivity index (χ4v) is 1.64. The van der Waals surface area contributed by atoms with Crippen LogP contribution < -0.4 is 16.3 Å². The molecule has 0 saturated carbocycles. The summed E-state index contributed by atoms with van der Waals surface area (Å²) in [6, 6.07) is 1.77. The SMILES string of the molecule is CC(CN)CN(C)c1cc2n[nH]c(=O)n2cn1. The Morgan fingerprint density at radius 2 is 2.41 bits per heavy atom. The Morgan fingerprint density at radius 1 is 1.65 bits per heavy atom. The Morgan fingerprint density at radius 3 is 3.12 bits per heavy atom. The van der Waals surface area contributed by atoms with Gasteiger partial charge in [0.25, 0.3) is 0 Å². The lowest BCUT2D eigenvalue weighted by Crippen LogP contribution is -2.29. The summed E-state index contributed by atoms with van der Waals surface area (Å²) in [5, 5.41) is 6.27. The van der Waals surface area contributed by atoms with Gasteiger partial charge in [0.15, 0.2) is 5.65 Å². The van der Waals surface area contributed by atoms with Crippen molar-refractivity contribution < 1.29 is 0 Å². The fourth-order valence-electron chi connectivity index (χ4n) is 1.64. The topological polar surface area (TPSA) is 92.3 Å². The first-order valence-corrected chi connectivity index (χ1v) is 5.46. The first kappa shape index (κ1) is 11.6. The third-order valence-electron chi connectivity index (χ3n) is 2.67. The van der Waals surface area contributed by atoms with Crippen LogP contribution in [0.3, 0.4) is 0 Å². The number of hydrogen-bond acceptors (Lipinski definition) is 5. The first-order valence-electron chi connectivity index (χ1n) is 5.46. The number of hydrogen-bond donors (Lipinski definition) is 2. The van der Waals surface area contributed by atoms with Crippen molar-refractivity contribution in [1.29, 1.82) is 0 Å². The molecular formula is C10H16N6O. The second-order valence-corrected chi connectivity index (χ2v) is 4.23. The Kier molecular flexibility index (Phi) is 3.10. The summed E-state index contributed by atoms with van der Waals surface area (Å²) in [5.41, 5.74) is 5.86. The van der Waals surface area contributed by atoms with Crippen LogP contribution in [0.1, 0.15) is 6.92 Å². The molecule has 7 nitrogen and oxygen atoms in total. The monoisotopic (exact) mass is 236 g/mol. The van der Waals surface area contributed by atoms with E-state index in [2.05, 4.69) is 22.1 Å². The third-order valence-corrected chi connectivity index (χ3v) is 2.67. The molecule has 0 spiro atoms. The molecule has 92 valence electrons. The normalized spacial score (nSPS) is 12.9. The lowest BCUT2D eigenvalue weighted by Gasteiger charge is -2.21. The summed E-state index contributed by atoms with van der Waals surface area (Å²) < 4.78 is 1.36. The van der Waals surface area contributed by atoms with E-state index in [0.29, 0.717) is 18.1 Å². The van der Waals surface area contributed by atoms with E-state index in [1.54, 1.807) is 6.07 Å². The molecule has 0 aliphatic carbocycles. The van der Waals surface area contributed by atoms with Gasteiger partial charge in [-0.3, -0.25) is 0 Å². The van der Waals surface area contributed by atoms with E-state index in [1.165, 1.54) is 10.7 Å². The highest BCUT2D eigenvalue weighted by molar-refractivity contribution is 5.49. The van der Waals surface area contributed by atoms with E-state index in [4.69, 9.17) is 5.73 Å². The number of fused-ring (bicyclic) bond motifs is 1. The molecule has 1 atom stereocenters. The Bertz CT molecular complexity index is 559. The molecule has 17 heavy (non-hydrogen) atoms. The van der Waals surface area contributed by atoms with Gasteiger partial charge in [0.2, 0.25) is 0 Å². The maximum absolute atomic E-state index is 11.3. The first-order chi connectivity index (χ1) is 8.11. The molecule has 7 heteroatoms. The minimum absolute atomic E-state index is 0.281. The molecule has 0 radical (unpaired) electrons. The van der Waals surface area contributed by atoms with Crippen LogP contribution >= 0.6 is 0 Å². The van der Waals surface area contributed by atoms with Crippen molar-refractivity contribution >= 4 is 11.5 Å². The van der Waals surface area contributed by atoms with Crippen molar-refractivity contribution in [3.8, 4) is 0 Å². The van der Waals surface area contributed by atoms with E-state index in [9.17, 15) is 4.79 Å². The second-order valence-electron chi connectivity index (χ2n) is 4.23. The highest BCUT2D eigenvalue weighted by atomic mass is 16.1. The molecule has 2 aromatic heterocycles. The smallest absolute Gasteiger partial charge is 0.348 e. The van der Waals surface area contributed by atoms with Crippen LogP contribution in [-0.2, 0) is 0 Å². The Hall–Kier alpha value is -1.89. The maximum Gasteiger partial charge on any atom is 0.348 e. The molecule has 0 fully saturated rings. The summed E-state index contributed by atoms with van der Waals surface area (Å²) in [7, 11) is 1.94. The van der Waals surface area contributed by atoms with Gasteiger partial charge in [-0.1, -0.05) is 6.92 Å². The number of nitrogens with one attached hydrogen (secondary N) is 1. The van der Waals surface area contributed by atoms with Crippen molar-refractivity contribution in [2.75, 3.05) is 25.0 Å². The number of H-pyrrole nitrogens is 1. The van der Waals surface area contributed by atoms with Gasteiger partial charge in [0, 0.05) is 19.7 Å². The number of aromatic nitrogens is 4. The average Bonchev–Trinajstić information content (AvgIpc) is 2.70. The zero-order chi connectivity index (χ0) is 12.4. The molecule has 2 aromatic rings. The summed E-state index contributed by atoms with van der Waals surface area (Å²) in [4.78, 5) is 17.5. The van der Waals surface area contributed by atoms with Crippen molar-refractivity contribution in [2.24, 2.45) is 11.7 Å². The minimum atomic E-state index is -0.281. The lowest BCUT2D eigenvalue weighted by atomic mass is 10.2. The fraction of sp³-hybridized carbons (Fsp3) is 0.500. The molecule has 1 unspecified atom stereocenters. The standard InChI is InChI=1S/C10H16N6O/c1-7(4-11)5-15(2)8-3-9-13-14-10(17)16(9)6-12-8/h3,6-7H,4-5,11H2,1-2H3,(H,14,17). The third kappa shape index (κ3) is 2.28. The van der Waals surface area contributed by atoms with E-state index in [0.717, 1.165) is 12.4 Å². The van der Waals surface area contributed by atoms with Gasteiger partial charge in [0.05, 0.1) is 0 Å². The maximum atomic E-state index is 11.3. The Balaban J connectivity index is 2.27. The quantitative estimate of drug-likeness (QED) is 0.743. The predicted octanol–water partition coefficient (Wildman–Crippen LogP) is -0.551. The molecule has 0 bridgehead atoms. The van der Waals surface area contributed by atoms with Crippen molar-refractivity contribution in [3.63, 3.8) is 0 Å². The van der Waals surface area contributed by atoms with Crippen LogP contribution in [0.5, 0.6) is 0 Å². The lowest BCUT2D eigenvalue weighted by molar-refractivity contribution is 0.587. The summed E-state index contributed by atoms with van der Waals surface area (Å²) in [6.07, 6.45) is 1.47. The van der Waals surface area contributed by atoms with Crippen molar-refractivity contribution in [3.05, 3.63) is 22.9 Å². The summed E-state index contributed by atoms with van der Waals surface area (Å²) in [5.74, 6) is 1.16. The van der Waals surface area contributed by atoms with Gasteiger partial charge in [-0.2, -0.15) is 5.10 Å². The van der Waals surface area contributed by atoms with Crippen molar-refractivity contribution in [1.82, 2.24) is 19.6 Å². The average molecular weight is 236 g/mol.